The van der Waals surface area contributed by atoms with Crippen LogP contribution >= 0.6 is 0 Å². The second-order valence-corrected chi connectivity index (χ2v) is 6.78. The molecule has 1 aliphatic heterocycles. The molecule has 0 saturated carbocycles. The molecule has 1 heterocycles. The van der Waals surface area contributed by atoms with Crippen LogP contribution in [0.4, 0.5) is 0 Å². The van der Waals surface area contributed by atoms with Gasteiger partial charge in [-0.15, -0.1) is 0 Å². The minimum absolute atomic E-state index is 0.192. The molecule has 1 aromatic rings. The summed E-state index contributed by atoms with van der Waals surface area (Å²) in [5.41, 5.74) is 9.10. The molecule has 2 N–H and O–H groups in total. The van der Waals surface area contributed by atoms with Gasteiger partial charge in [-0.25, -0.2) is 0 Å². The van der Waals surface area contributed by atoms with E-state index in [0.717, 1.165) is 18.9 Å². The van der Waals surface area contributed by atoms with E-state index in [-0.39, 0.29) is 6.04 Å². The highest BCUT2D eigenvalue weighted by Gasteiger charge is 2.27. The Morgan fingerprint density at radius 2 is 2.00 bits per heavy atom. The van der Waals surface area contributed by atoms with Crippen LogP contribution in [0.3, 0.4) is 0 Å². The predicted octanol–water partition coefficient (Wildman–Crippen LogP) is 2.66. The van der Waals surface area contributed by atoms with Gasteiger partial charge in [-0.05, 0) is 51.9 Å². The van der Waals surface area contributed by atoms with Crippen LogP contribution < -0.4 is 5.73 Å². The lowest BCUT2D eigenvalue weighted by molar-refractivity contribution is 0.180. The zero-order valence-electron chi connectivity index (χ0n) is 14.0. The van der Waals surface area contributed by atoms with Crippen molar-refractivity contribution in [2.24, 2.45) is 11.7 Å². The van der Waals surface area contributed by atoms with Crippen molar-refractivity contribution < 1.29 is 0 Å². The highest BCUT2D eigenvalue weighted by Crippen LogP contribution is 2.27. The molecule has 21 heavy (non-hydrogen) atoms. The maximum atomic E-state index is 6.44. The molecular weight excluding hydrogens is 258 g/mol. The van der Waals surface area contributed by atoms with Crippen molar-refractivity contribution in [3.05, 3.63) is 35.4 Å². The van der Waals surface area contributed by atoms with Crippen LogP contribution in [0.15, 0.2) is 24.3 Å². The first-order valence-corrected chi connectivity index (χ1v) is 8.22. The van der Waals surface area contributed by atoms with Gasteiger partial charge in [0.05, 0.1) is 0 Å². The molecule has 118 valence electrons. The Balaban J connectivity index is 2.09. The van der Waals surface area contributed by atoms with Gasteiger partial charge in [0.1, 0.15) is 0 Å². The van der Waals surface area contributed by atoms with Crippen LogP contribution in [0, 0.1) is 12.8 Å². The third-order valence-electron chi connectivity index (χ3n) is 4.81. The molecule has 0 bridgehead atoms. The molecule has 0 amide bonds. The molecule has 3 unspecified atom stereocenters. The predicted molar refractivity (Wildman–Crippen MR) is 90.4 cm³/mol. The Morgan fingerprint density at radius 1 is 1.33 bits per heavy atom. The third-order valence-corrected chi connectivity index (χ3v) is 4.81. The number of likely N-dealkylation sites (N-methyl/N-ethyl adjacent to an activating group) is 1. The number of hydrogen-bond donors (Lipinski definition) is 1. The topological polar surface area (TPSA) is 32.5 Å². The maximum absolute atomic E-state index is 6.44. The fourth-order valence-corrected chi connectivity index (χ4v) is 3.51. The standard InChI is InChI=1S/C18H31N3/c1-5-17(19)18(16-8-6-14(2)7-9-16)21(4)13-15-10-11-20(3)12-15/h6-9,15,17-18H,5,10-13,19H2,1-4H3. The van der Waals surface area contributed by atoms with E-state index in [0.29, 0.717) is 6.04 Å². The minimum atomic E-state index is 0.192. The van der Waals surface area contributed by atoms with Crippen molar-refractivity contribution in [3.8, 4) is 0 Å². The minimum Gasteiger partial charge on any atom is -0.326 e. The lowest BCUT2D eigenvalue weighted by Crippen LogP contribution is -2.41. The number of rotatable bonds is 6. The smallest absolute Gasteiger partial charge is 0.0496 e. The summed E-state index contributed by atoms with van der Waals surface area (Å²) in [6.07, 6.45) is 2.32. The number of aryl methyl sites for hydroxylation is 1. The van der Waals surface area contributed by atoms with Gasteiger partial charge in [-0.2, -0.15) is 0 Å². The van der Waals surface area contributed by atoms with E-state index in [1.54, 1.807) is 0 Å². The largest absolute Gasteiger partial charge is 0.326 e. The zero-order chi connectivity index (χ0) is 15.4. The Kier molecular flexibility index (Phi) is 5.80. The first kappa shape index (κ1) is 16.5. The van der Waals surface area contributed by atoms with E-state index < -0.39 is 0 Å². The second-order valence-electron chi connectivity index (χ2n) is 6.78. The first-order chi connectivity index (χ1) is 10.0. The molecule has 2 rings (SSSR count). The quantitative estimate of drug-likeness (QED) is 0.874. The maximum Gasteiger partial charge on any atom is 0.0496 e. The summed E-state index contributed by atoms with van der Waals surface area (Å²) in [6, 6.07) is 9.39. The molecule has 1 fully saturated rings. The van der Waals surface area contributed by atoms with Crippen molar-refractivity contribution in [2.45, 2.75) is 38.8 Å². The van der Waals surface area contributed by atoms with Crippen molar-refractivity contribution in [3.63, 3.8) is 0 Å². The van der Waals surface area contributed by atoms with E-state index >= 15 is 0 Å². The molecule has 0 aromatic heterocycles. The fraction of sp³-hybridized carbons (Fsp3) is 0.667. The molecule has 3 heteroatoms. The van der Waals surface area contributed by atoms with Crippen LogP contribution in [-0.2, 0) is 0 Å². The monoisotopic (exact) mass is 289 g/mol. The first-order valence-electron chi connectivity index (χ1n) is 8.22. The van der Waals surface area contributed by atoms with Gasteiger partial charge < -0.3 is 10.6 Å². The molecule has 0 radical (unpaired) electrons. The van der Waals surface area contributed by atoms with Crippen molar-refractivity contribution in [2.75, 3.05) is 33.7 Å². The van der Waals surface area contributed by atoms with Crippen LogP contribution in [0.25, 0.3) is 0 Å². The summed E-state index contributed by atoms with van der Waals surface area (Å²) in [5, 5.41) is 0. The van der Waals surface area contributed by atoms with Crippen molar-refractivity contribution in [1.82, 2.24) is 9.80 Å². The van der Waals surface area contributed by atoms with Crippen LogP contribution in [0.5, 0.6) is 0 Å². The zero-order valence-corrected chi connectivity index (χ0v) is 14.0. The summed E-state index contributed by atoms with van der Waals surface area (Å²) in [6.45, 7) is 7.90. The van der Waals surface area contributed by atoms with Gasteiger partial charge in [0.15, 0.2) is 0 Å². The van der Waals surface area contributed by atoms with Crippen molar-refractivity contribution in [1.29, 1.82) is 0 Å². The third kappa shape index (κ3) is 4.29. The van der Waals surface area contributed by atoms with E-state index in [4.69, 9.17) is 5.73 Å². The van der Waals surface area contributed by atoms with Gasteiger partial charge in [0, 0.05) is 25.2 Å². The van der Waals surface area contributed by atoms with E-state index in [1.807, 2.05) is 0 Å². The van der Waals surface area contributed by atoms with Gasteiger partial charge in [0.25, 0.3) is 0 Å². The molecule has 1 saturated heterocycles. The summed E-state index contributed by atoms with van der Waals surface area (Å²) >= 11 is 0. The van der Waals surface area contributed by atoms with Crippen LogP contribution in [0.2, 0.25) is 0 Å². The highest BCUT2D eigenvalue weighted by molar-refractivity contribution is 5.25. The van der Waals surface area contributed by atoms with E-state index in [2.05, 4.69) is 62.0 Å². The number of nitrogens with two attached hydrogens (primary N) is 1. The highest BCUT2D eigenvalue weighted by atomic mass is 15.2. The van der Waals surface area contributed by atoms with Crippen LogP contribution in [-0.4, -0.2) is 49.6 Å². The fourth-order valence-electron chi connectivity index (χ4n) is 3.51. The van der Waals surface area contributed by atoms with Crippen LogP contribution in [0.1, 0.15) is 36.9 Å². The summed E-state index contributed by atoms with van der Waals surface area (Å²) < 4.78 is 0. The van der Waals surface area contributed by atoms with Gasteiger partial charge in [0.2, 0.25) is 0 Å². The average molecular weight is 289 g/mol. The van der Waals surface area contributed by atoms with Gasteiger partial charge >= 0.3 is 0 Å². The Labute approximate surface area is 130 Å². The number of nitrogens with zero attached hydrogens (tertiary/aromatic N) is 2. The Morgan fingerprint density at radius 3 is 2.52 bits per heavy atom. The number of hydrogen-bond acceptors (Lipinski definition) is 3. The van der Waals surface area contributed by atoms with Gasteiger partial charge in [-0.1, -0.05) is 36.8 Å². The van der Waals surface area contributed by atoms with Gasteiger partial charge in [-0.3, -0.25) is 4.90 Å². The summed E-state index contributed by atoms with van der Waals surface area (Å²) in [5.74, 6) is 0.775. The Hall–Kier alpha value is -0.900. The Bertz CT molecular complexity index is 429. The second kappa shape index (κ2) is 7.39. The molecule has 1 aliphatic rings. The normalized spacial score (nSPS) is 22.7. The number of likely N-dealkylation sites (tertiary alicyclic amines) is 1. The lowest BCUT2D eigenvalue weighted by Gasteiger charge is -2.34. The van der Waals surface area contributed by atoms with Crippen molar-refractivity contribution >= 4 is 0 Å². The lowest BCUT2D eigenvalue weighted by atomic mass is 9.95. The molecule has 3 atom stereocenters. The molecule has 0 aliphatic carbocycles. The summed E-state index contributed by atoms with van der Waals surface area (Å²) in [4.78, 5) is 4.90. The number of benzene rings is 1. The van der Waals surface area contributed by atoms with E-state index in [9.17, 15) is 0 Å². The molecule has 1 aromatic carbocycles. The van der Waals surface area contributed by atoms with E-state index in [1.165, 1.54) is 30.6 Å². The SMILES string of the molecule is CCC(N)C(c1ccc(C)cc1)N(C)CC1CCN(C)C1. The average Bonchev–Trinajstić information content (AvgIpc) is 2.86. The molecule has 0 spiro atoms. The molecule has 3 nitrogen and oxygen atoms in total. The summed E-state index contributed by atoms with van der Waals surface area (Å²) in [7, 11) is 4.45. The molecular formula is C18H31N3.